The van der Waals surface area contributed by atoms with Crippen molar-refractivity contribution >= 4 is 43.8 Å². The summed E-state index contributed by atoms with van der Waals surface area (Å²) in [5.74, 6) is -1.99. The smallest absolute Gasteiger partial charge is 0.232 e. The lowest BCUT2D eigenvalue weighted by Crippen LogP contribution is -2.17. The van der Waals surface area contributed by atoms with Crippen LogP contribution in [0.1, 0.15) is 13.3 Å². The lowest BCUT2D eigenvalue weighted by Gasteiger charge is -2.14. The van der Waals surface area contributed by atoms with E-state index >= 15 is 4.39 Å². The summed E-state index contributed by atoms with van der Waals surface area (Å²) in [5, 5.41) is 3.19. The zero-order valence-corrected chi connectivity index (χ0v) is 18.5. The fraction of sp³-hybridized carbons (Fsp3) is 0.130. The Morgan fingerprint density at radius 1 is 1.00 bits per heavy atom. The number of nitrogen functional groups attached to an aromatic ring is 1. The summed E-state index contributed by atoms with van der Waals surface area (Å²) >= 11 is 0. The van der Waals surface area contributed by atoms with Crippen molar-refractivity contribution in [1.29, 1.82) is 0 Å². The molecule has 4 rings (SSSR count). The molecule has 1 aromatic heterocycles. The molecule has 0 amide bonds. The van der Waals surface area contributed by atoms with Crippen molar-refractivity contribution in [3.8, 4) is 11.1 Å². The van der Waals surface area contributed by atoms with Crippen LogP contribution in [0.3, 0.4) is 0 Å². The minimum atomic E-state index is -3.76. The predicted octanol–water partition coefficient (Wildman–Crippen LogP) is 5.05. The maximum Gasteiger partial charge on any atom is 0.232 e. The van der Waals surface area contributed by atoms with Gasteiger partial charge in [0.15, 0.2) is 5.82 Å². The molecule has 7 nitrogen and oxygen atoms in total. The second-order valence-electron chi connectivity index (χ2n) is 7.41. The van der Waals surface area contributed by atoms with Crippen molar-refractivity contribution < 1.29 is 17.2 Å². The third-order valence-electron chi connectivity index (χ3n) is 4.93. The zero-order valence-electron chi connectivity index (χ0n) is 17.6. The fourth-order valence-corrected chi connectivity index (χ4v) is 4.54. The van der Waals surface area contributed by atoms with Crippen LogP contribution in [0.5, 0.6) is 0 Å². The molecule has 0 fully saturated rings. The molecule has 4 aromatic rings. The van der Waals surface area contributed by atoms with Gasteiger partial charge in [-0.05, 0) is 53.9 Å². The Kier molecular flexibility index (Phi) is 6.10. The van der Waals surface area contributed by atoms with E-state index in [0.29, 0.717) is 23.0 Å². The summed E-state index contributed by atoms with van der Waals surface area (Å²) in [6.45, 7) is 1.69. The van der Waals surface area contributed by atoms with Gasteiger partial charge in [0, 0.05) is 11.1 Å². The topological polar surface area (TPSA) is 110 Å². The molecule has 33 heavy (non-hydrogen) atoms. The molecule has 0 saturated carbocycles. The number of aromatic nitrogens is 2. The lowest BCUT2D eigenvalue weighted by atomic mass is 10.0. The van der Waals surface area contributed by atoms with E-state index in [-0.39, 0.29) is 17.3 Å². The number of sulfonamides is 1. The van der Waals surface area contributed by atoms with E-state index in [1.54, 1.807) is 25.1 Å². The molecule has 10 heteroatoms. The van der Waals surface area contributed by atoms with Gasteiger partial charge in [0.2, 0.25) is 10.0 Å². The highest BCUT2D eigenvalue weighted by molar-refractivity contribution is 7.92. The van der Waals surface area contributed by atoms with Gasteiger partial charge in [-0.3, -0.25) is 4.72 Å². The second-order valence-corrected chi connectivity index (χ2v) is 9.25. The molecule has 170 valence electrons. The van der Waals surface area contributed by atoms with Gasteiger partial charge < -0.3 is 11.1 Å². The second kappa shape index (κ2) is 8.99. The highest BCUT2D eigenvalue weighted by Crippen LogP contribution is 2.33. The highest BCUT2D eigenvalue weighted by atomic mass is 32.2. The van der Waals surface area contributed by atoms with Crippen LogP contribution in [0.2, 0.25) is 0 Å². The maximum atomic E-state index is 15.1. The van der Waals surface area contributed by atoms with Crippen LogP contribution in [0, 0.1) is 11.6 Å². The molecule has 3 aromatic carbocycles. The van der Waals surface area contributed by atoms with Crippen molar-refractivity contribution in [2.75, 3.05) is 21.5 Å². The molecule has 0 unspecified atom stereocenters. The van der Waals surface area contributed by atoms with Crippen molar-refractivity contribution in [1.82, 2.24) is 9.97 Å². The number of nitrogens with one attached hydrogen (secondary N) is 2. The van der Waals surface area contributed by atoms with E-state index in [1.807, 2.05) is 24.3 Å². The zero-order chi connectivity index (χ0) is 23.6. The average molecular weight is 470 g/mol. The largest absolute Gasteiger partial charge is 0.399 e. The standard InChI is InChI=1S/C23H21F2N5O2S/c1-2-10-33(31,32)30-20-9-7-18(24)22(21(20)25)29-23-17-12-15(6-8-19(17)27-13-28-23)14-4-3-5-16(26)11-14/h3-9,11-13,30H,2,10,26H2,1H3,(H,27,28,29). The summed E-state index contributed by atoms with van der Waals surface area (Å²) in [4.78, 5) is 8.36. The van der Waals surface area contributed by atoms with Gasteiger partial charge >= 0.3 is 0 Å². The summed E-state index contributed by atoms with van der Waals surface area (Å²) in [7, 11) is -3.76. The Labute approximate surface area is 189 Å². The van der Waals surface area contributed by atoms with Crippen LogP contribution < -0.4 is 15.8 Å². The Morgan fingerprint density at radius 2 is 1.79 bits per heavy atom. The van der Waals surface area contributed by atoms with E-state index in [4.69, 9.17) is 5.73 Å². The Morgan fingerprint density at radius 3 is 2.55 bits per heavy atom. The number of hydrogen-bond acceptors (Lipinski definition) is 6. The molecule has 0 aliphatic heterocycles. The molecular formula is C23H21F2N5O2S. The highest BCUT2D eigenvalue weighted by Gasteiger charge is 2.19. The van der Waals surface area contributed by atoms with Crippen molar-refractivity contribution in [3.63, 3.8) is 0 Å². The van der Waals surface area contributed by atoms with Gasteiger partial charge in [-0.15, -0.1) is 0 Å². The van der Waals surface area contributed by atoms with E-state index in [2.05, 4.69) is 20.0 Å². The van der Waals surface area contributed by atoms with Crippen LogP contribution in [0.4, 0.5) is 31.7 Å². The number of halogens is 2. The summed E-state index contributed by atoms with van der Waals surface area (Å²) < 4.78 is 55.9. The van der Waals surface area contributed by atoms with Gasteiger partial charge in [0.05, 0.1) is 17.0 Å². The molecular weight excluding hydrogens is 448 g/mol. The van der Waals surface area contributed by atoms with Crippen LogP contribution >= 0.6 is 0 Å². The van der Waals surface area contributed by atoms with Crippen LogP contribution in [0.25, 0.3) is 22.0 Å². The Balaban J connectivity index is 1.76. The number of hydrogen-bond donors (Lipinski definition) is 3. The third kappa shape index (κ3) is 4.85. The predicted molar refractivity (Wildman–Crippen MR) is 127 cm³/mol. The molecule has 0 aliphatic carbocycles. The van der Waals surface area contributed by atoms with Crippen LogP contribution in [-0.2, 0) is 10.0 Å². The van der Waals surface area contributed by atoms with Gasteiger partial charge in [-0.2, -0.15) is 0 Å². The molecule has 0 radical (unpaired) electrons. The Bertz CT molecular complexity index is 1440. The van der Waals surface area contributed by atoms with E-state index in [1.165, 1.54) is 6.33 Å². The molecule has 0 aliphatic rings. The molecule has 4 N–H and O–H groups in total. The van der Waals surface area contributed by atoms with Crippen LogP contribution in [-0.4, -0.2) is 24.1 Å². The summed E-state index contributed by atoms with van der Waals surface area (Å²) in [5.41, 5.74) is 7.83. The molecule has 0 saturated heterocycles. The first-order valence-corrected chi connectivity index (χ1v) is 11.8. The maximum absolute atomic E-state index is 15.1. The molecule has 0 atom stereocenters. The average Bonchev–Trinajstić information content (AvgIpc) is 2.78. The van der Waals surface area contributed by atoms with E-state index in [9.17, 15) is 12.8 Å². The van der Waals surface area contributed by atoms with Gasteiger partial charge in [0.1, 0.15) is 23.6 Å². The summed E-state index contributed by atoms with van der Waals surface area (Å²) in [6.07, 6.45) is 1.63. The monoisotopic (exact) mass is 469 g/mol. The first-order valence-electron chi connectivity index (χ1n) is 10.1. The third-order valence-corrected chi connectivity index (χ3v) is 6.40. The number of nitrogens with two attached hydrogens (primary N) is 1. The van der Waals surface area contributed by atoms with Gasteiger partial charge in [-0.1, -0.05) is 25.1 Å². The number of nitrogens with zero attached hydrogens (tertiary/aromatic N) is 2. The van der Waals surface area contributed by atoms with Gasteiger partial charge in [0.25, 0.3) is 0 Å². The molecule has 0 bridgehead atoms. The lowest BCUT2D eigenvalue weighted by molar-refractivity contribution is 0.588. The van der Waals surface area contributed by atoms with E-state index in [0.717, 1.165) is 23.3 Å². The van der Waals surface area contributed by atoms with Crippen LogP contribution in [0.15, 0.2) is 60.9 Å². The first-order chi connectivity index (χ1) is 15.8. The normalized spacial score (nSPS) is 11.5. The fourth-order valence-electron chi connectivity index (χ4n) is 3.41. The minimum Gasteiger partial charge on any atom is -0.399 e. The quantitative estimate of drug-likeness (QED) is 0.327. The number of anilines is 4. The minimum absolute atomic E-state index is 0.164. The summed E-state index contributed by atoms with van der Waals surface area (Å²) in [6, 6.07) is 14.7. The van der Waals surface area contributed by atoms with Crippen molar-refractivity contribution in [3.05, 3.63) is 72.6 Å². The van der Waals surface area contributed by atoms with Gasteiger partial charge in [-0.25, -0.2) is 27.2 Å². The number of rotatable bonds is 7. The molecule has 0 spiro atoms. The van der Waals surface area contributed by atoms with Crippen molar-refractivity contribution in [2.24, 2.45) is 0 Å². The Hall–Kier alpha value is -3.79. The van der Waals surface area contributed by atoms with Crippen molar-refractivity contribution in [2.45, 2.75) is 13.3 Å². The number of fused-ring (bicyclic) bond motifs is 1. The number of benzene rings is 3. The SMILES string of the molecule is CCCS(=O)(=O)Nc1ccc(F)c(Nc2ncnc3ccc(-c4cccc(N)c4)cc23)c1F. The molecule has 1 heterocycles. The first kappa shape index (κ1) is 22.4. The van der Waals surface area contributed by atoms with E-state index < -0.39 is 27.3 Å².